The number of ether oxygens (including phenoxy) is 2. The Morgan fingerprint density at radius 2 is 2.12 bits per heavy atom. The third-order valence-electron chi connectivity index (χ3n) is 1.87. The summed E-state index contributed by atoms with van der Waals surface area (Å²) in [6.07, 6.45) is 0. The Morgan fingerprint density at radius 1 is 1.47 bits per heavy atom. The Labute approximate surface area is 94.8 Å². The van der Waals surface area contributed by atoms with Crippen molar-refractivity contribution in [2.45, 2.75) is 6.61 Å². The molecule has 1 N–H and O–H groups in total. The van der Waals surface area contributed by atoms with Crippen LogP contribution >= 0.6 is 0 Å². The molecule has 0 aromatic heterocycles. The quantitative estimate of drug-likeness (QED) is 0.873. The monoisotopic (exact) mass is 243 g/mol. The number of benzene rings is 1. The first-order chi connectivity index (χ1) is 8.01. The van der Waals surface area contributed by atoms with E-state index in [1.807, 2.05) is 0 Å². The molecule has 0 aliphatic rings. The van der Waals surface area contributed by atoms with Crippen molar-refractivity contribution in [1.29, 1.82) is 5.26 Å². The van der Waals surface area contributed by atoms with Gasteiger partial charge in [0.25, 0.3) is 0 Å². The lowest BCUT2D eigenvalue weighted by molar-refractivity contribution is -0.0515. The Hall–Kier alpha value is -2.36. The molecule has 0 radical (unpaired) electrons. The first-order valence-electron chi connectivity index (χ1n) is 4.30. The molecule has 0 bridgehead atoms. The molecule has 0 aliphatic heterocycles. The number of carbonyl (C=O) groups is 1. The van der Waals surface area contributed by atoms with E-state index in [0.29, 0.717) is 0 Å². The number of methoxy groups -OCH3 is 1. The molecular weight excluding hydrogens is 236 g/mol. The van der Waals surface area contributed by atoms with E-state index in [-0.39, 0.29) is 11.1 Å². The molecule has 17 heavy (non-hydrogen) atoms. The van der Waals surface area contributed by atoms with Crippen LogP contribution in [0.2, 0.25) is 0 Å². The standard InChI is InChI=1S/C10H7F2NO4/c1-16-8-6(9(14)15)3-2-5(4-13)7(8)17-10(11)12/h2-3,10H,1H3,(H,14,15). The number of halogens is 2. The first kappa shape index (κ1) is 12.7. The summed E-state index contributed by atoms with van der Waals surface area (Å²) in [5.74, 6) is -2.35. The zero-order valence-electron chi connectivity index (χ0n) is 8.61. The number of hydrogen-bond acceptors (Lipinski definition) is 4. The number of carboxylic acid groups (broad SMARTS) is 1. The third kappa shape index (κ3) is 2.60. The Bertz CT molecular complexity index is 482. The number of carboxylic acids is 1. The Balaban J connectivity index is 3.44. The highest BCUT2D eigenvalue weighted by molar-refractivity contribution is 5.92. The van der Waals surface area contributed by atoms with Crippen LogP contribution < -0.4 is 9.47 Å². The number of aromatic carboxylic acids is 1. The molecule has 7 heteroatoms. The van der Waals surface area contributed by atoms with Crippen molar-refractivity contribution in [3.63, 3.8) is 0 Å². The van der Waals surface area contributed by atoms with Crippen molar-refractivity contribution in [3.8, 4) is 17.6 Å². The molecule has 90 valence electrons. The van der Waals surface area contributed by atoms with E-state index in [4.69, 9.17) is 15.1 Å². The molecule has 5 nitrogen and oxygen atoms in total. The van der Waals surface area contributed by atoms with E-state index in [0.717, 1.165) is 19.2 Å². The second kappa shape index (κ2) is 5.12. The molecule has 0 spiro atoms. The molecule has 0 aliphatic carbocycles. The van der Waals surface area contributed by atoms with Crippen LogP contribution in [0, 0.1) is 11.3 Å². The number of rotatable bonds is 4. The molecule has 1 aromatic rings. The topological polar surface area (TPSA) is 79.5 Å². The minimum Gasteiger partial charge on any atom is -0.492 e. The largest absolute Gasteiger partial charge is 0.492 e. The molecular formula is C10H7F2NO4. The lowest BCUT2D eigenvalue weighted by Gasteiger charge is -2.13. The number of nitriles is 1. The summed E-state index contributed by atoms with van der Waals surface area (Å²) < 4.78 is 33.1. The minimum atomic E-state index is -3.18. The predicted molar refractivity (Wildman–Crippen MR) is 51.3 cm³/mol. The highest BCUT2D eigenvalue weighted by Crippen LogP contribution is 2.35. The van der Waals surface area contributed by atoms with Gasteiger partial charge in [0.15, 0.2) is 11.5 Å². The summed E-state index contributed by atoms with van der Waals surface area (Å²) in [5, 5.41) is 17.5. The maximum absolute atomic E-state index is 12.2. The van der Waals surface area contributed by atoms with E-state index in [1.165, 1.54) is 0 Å². The normalized spacial score (nSPS) is 9.82. The fraction of sp³-hybridized carbons (Fsp3) is 0.200. The molecule has 0 amide bonds. The summed E-state index contributed by atoms with van der Waals surface area (Å²) in [5.41, 5.74) is -0.589. The molecule has 1 rings (SSSR count). The Morgan fingerprint density at radius 3 is 2.53 bits per heavy atom. The minimum absolute atomic E-state index is 0.229. The average molecular weight is 243 g/mol. The predicted octanol–water partition coefficient (Wildman–Crippen LogP) is 1.87. The van der Waals surface area contributed by atoms with Crippen LogP contribution in [0.4, 0.5) is 8.78 Å². The Kier molecular flexibility index (Phi) is 3.82. The second-order valence-corrected chi connectivity index (χ2v) is 2.82. The molecule has 0 fully saturated rings. The molecule has 1 aromatic carbocycles. The van der Waals surface area contributed by atoms with Crippen LogP contribution in [-0.4, -0.2) is 24.8 Å². The van der Waals surface area contributed by atoms with E-state index in [1.54, 1.807) is 6.07 Å². The van der Waals surface area contributed by atoms with Gasteiger partial charge in [-0.15, -0.1) is 0 Å². The number of alkyl halides is 2. The van der Waals surface area contributed by atoms with Crippen molar-refractivity contribution in [2.24, 2.45) is 0 Å². The average Bonchev–Trinajstić information content (AvgIpc) is 2.27. The SMILES string of the molecule is COc1c(C(=O)O)ccc(C#N)c1OC(F)F. The summed E-state index contributed by atoms with van der Waals surface area (Å²) in [6, 6.07) is 3.77. The van der Waals surface area contributed by atoms with Gasteiger partial charge in [0.05, 0.1) is 12.7 Å². The van der Waals surface area contributed by atoms with Crippen LogP contribution in [0.25, 0.3) is 0 Å². The summed E-state index contributed by atoms with van der Waals surface area (Å²) in [7, 11) is 1.10. The van der Waals surface area contributed by atoms with Gasteiger partial charge in [-0.2, -0.15) is 14.0 Å². The lowest BCUT2D eigenvalue weighted by Crippen LogP contribution is -2.08. The van der Waals surface area contributed by atoms with Crippen molar-refractivity contribution < 1.29 is 28.2 Å². The van der Waals surface area contributed by atoms with Gasteiger partial charge in [0, 0.05) is 0 Å². The number of hydrogen-bond donors (Lipinski definition) is 1. The molecule has 0 atom stereocenters. The smallest absolute Gasteiger partial charge is 0.387 e. The number of nitrogens with zero attached hydrogens (tertiary/aromatic N) is 1. The van der Waals surface area contributed by atoms with Crippen LogP contribution in [0.1, 0.15) is 15.9 Å². The maximum atomic E-state index is 12.2. The van der Waals surface area contributed by atoms with Gasteiger partial charge in [-0.3, -0.25) is 0 Å². The van der Waals surface area contributed by atoms with E-state index in [2.05, 4.69) is 4.74 Å². The van der Waals surface area contributed by atoms with Crippen molar-refractivity contribution in [1.82, 2.24) is 0 Å². The van der Waals surface area contributed by atoms with Gasteiger partial charge in [0.1, 0.15) is 11.6 Å². The first-order valence-corrected chi connectivity index (χ1v) is 4.30. The van der Waals surface area contributed by atoms with Gasteiger partial charge in [-0.25, -0.2) is 4.79 Å². The van der Waals surface area contributed by atoms with Crippen molar-refractivity contribution in [2.75, 3.05) is 7.11 Å². The van der Waals surface area contributed by atoms with Gasteiger partial charge >= 0.3 is 12.6 Å². The highest BCUT2D eigenvalue weighted by Gasteiger charge is 2.22. The van der Waals surface area contributed by atoms with Gasteiger partial charge < -0.3 is 14.6 Å². The fourth-order valence-electron chi connectivity index (χ4n) is 1.23. The molecule has 0 saturated heterocycles. The molecule has 0 unspecified atom stereocenters. The van der Waals surface area contributed by atoms with Gasteiger partial charge in [-0.1, -0.05) is 0 Å². The molecule has 0 heterocycles. The van der Waals surface area contributed by atoms with E-state index in [9.17, 15) is 13.6 Å². The maximum Gasteiger partial charge on any atom is 0.387 e. The van der Waals surface area contributed by atoms with Gasteiger partial charge in [-0.05, 0) is 12.1 Å². The van der Waals surface area contributed by atoms with Crippen LogP contribution in [-0.2, 0) is 0 Å². The highest BCUT2D eigenvalue weighted by atomic mass is 19.3. The van der Waals surface area contributed by atoms with Crippen LogP contribution in [0.5, 0.6) is 11.5 Å². The van der Waals surface area contributed by atoms with Crippen molar-refractivity contribution in [3.05, 3.63) is 23.3 Å². The zero-order valence-corrected chi connectivity index (χ0v) is 8.61. The zero-order chi connectivity index (χ0) is 13.0. The van der Waals surface area contributed by atoms with Gasteiger partial charge in [0.2, 0.25) is 0 Å². The third-order valence-corrected chi connectivity index (χ3v) is 1.87. The lowest BCUT2D eigenvalue weighted by atomic mass is 10.1. The van der Waals surface area contributed by atoms with Crippen LogP contribution in [0.15, 0.2) is 12.1 Å². The summed E-state index contributed by atoms with van der Waals surface area (Å²) >= 11 is 0. The second-order valence-electron chi connectivity index (χ2n) is 2.82. The van der Waals surface area contributed by atoms with E-state index >= 15 is 0 Å². The van der Waals surface area contributed by atoms with Crippen molar-refractivity contribution >= 4 is 5.97 Å². The van der Waals surface area contributed by atoms with Crippen LogP contribution in [0.3, 0.4) is 0 Å². The summed E-state index contributed by atoms with van der Waals surface area (Å²) in [6.45, 7) is -3.18. The van der Waals surface area contributed by atoms with E-state index < -0.39 is 24.1 Å². The fourth-order valence-corrected chi connectivity index (χ4v) is 1.23. The summed E-state index contributed by atoms with van der Waals surface area (Å²) in [4.78, 5) is 10.8. The molecule has 0 saturated carbocycles.